The van der Waals surface area contributed by atoms with Gasteiger partial charge in [0.15, 0.2) is 0 Å². The van der Waals surface area contributed by atoms with Crippen LogP contribution in [0.25, 0.3) is 0 Å². The number of aromatic nitrogens is 1. The lowest BCUT2D eigenvalue weighted by atomic mass is 10.2. The summed E-state index contributed by atoms with van der Waals surface area (Å²) in [6, 6.07) is 11.1. The largest absolute Gasteiger partial charge is 0.383 e. The van der Waals surface area contributed by atoms with Gasteiger partial charge in [0.25, 0.3) is 0 Å². The first kappa shape index (κ1) is 15.8. The highest BCUT2D eigenvalue weighted by Crippen LogP contribution is 2.09. The maximum absolute atomic E-state index is 11.8. The first-order valence-corrected chi connectivity index (χ1v) is 7.04. The number of carbonyl (C=O) groups is 1. The van der Waals surface area contributed by atoms with E-state index in [9.17, 15) is 4.79 Å². The van der Waals surface area contributed by atoms with Crippen LogP contribution >= 0.6 is 0 Å². The Balaban J connectivity index is 1.75. The van der Waals surface area contributed by atoms with Gasteiger partial charge in [-0.25, -0.2) is 4.79 Å². The molecule has 0 aliphatic carbocycles. The second-order valence-corrected chi connectivity index (χ2v) is 4.66. The van der Waals surface area contributed by atoms with Crippen molar-refractivity contribution in [2.24, 2.45) is 0 Å². The summed E-state index contributed by atoms with van der Waals surface area (Å²) in [5, 5.41) is 8.79. The third kappa shape index (κ3) is 5.41. The molecule has 2 rings (SSSR count). The number of carbonyl (C=O) groups excluding carboxylic acids is 1. The molecule has 116 valence electrons. The van der Waals surface area contributed by atoms with Crippen molar-refractivity contribution in [3.63, 3.8) is 0 Å². The molecule has 0 radical (unpaired) electrons. The van der Waals surface area contributed by atoms with Crippen LogP contribution in [0, 0.1) is 0 Å². The molecule has 22 heavy (non-hydrogen) atoms. The van der Waals surface area contributed by atoms with Crippen LogP contribution in [0.15, 0.2) is 48.8 Å². The number of anilines is 2. The summed E-state index contributed by atoms with van der Waals surface area (Å²) >= 11 is 0. The quantitative estimate of drug-likeness (QED) is 0.687. The van der Waals surface area contributed by atoms with Crippen LogP contribution in [0.5, 0.6) is 0 Å². The number of hydrogen-bond donors (Lipinski definition) is 3. The Labute approximate surface area is 129 Å². The van der Waals surface area contributed by atoms with Gasteiger partial charge in [0, 0.05) is 44.0 Å². The smallest absolute Gasteiger partial charge is 0.319 e. The molecule has 2 aromatic rings. The molecule has 1 aromatic carbocycles. The third-order valence-corrected chi connectivity index (χ3v) is 2.98. The van der Waals surface area contributed by atoms with Crippen LogP contribution in [0.2, 0.25) is 0 Å². The van der Waals surface area contributed by atoms with Gasteiger partial charge < -0.3 is 20.7 Å². The fraction of sp³-hybridized carbons (Fsp3) is 0.250. The Morgan fingerprint density at radius 2 is 1.82 bits per heavy atom. The zero-order chi connectivity index (χ0) is 15.6. The molecule has 0 unspecified atom stereocenters. The summed E-state index contributed by atoms with van der Waals surface area (Å²) in [6.07, 6.45) is 3.26. The van der Waals surface area contributed by atoms with E-state index < -0.39 is 0 Å². The molecule has 0 aliphatic heterocycles. The lowest BCUT2D eigenvalue weighted by Crippen LogP contribution is -2.28. The van der Waals surface area contributed by atoms with Crippen LogP contribution in [-0.4, -0.2) is 31.3 Å². The molecule has 3 N–H and O–H groups in total. The van der Waals surface area contributed by atoms with Crippen LogP contribution in [0.3, 0.4) is 0 Å². The number of rotatable bonds is 7. The molecule has 2 amide bonds. The van der Waals surface area contributed by atoms with Gasteiger partial charge in [-0.3, -0.25) is 4.98 Å². The van der Waals surface area contributed by atoms with E-state index in [1.807, 2.05) is 24.3 Å². The van der Waals surface area contributed by atoms with Gasteiger partial charge in [0.05, 0.1) is 6.61 Å². The molecule has 6 heteroatoms. The Morgan fingerprint density at radius 1 is 1.09 bits per heavy atom. The van der Waals surface area contributed by atoms with Crippen LogP contribution in [0.4, 0.5) is 16.2 Å². The van der Waals surface area contributed by atoms with E-state index in [1.54, 1.807) is 31.6 Å². The van der Waals surface area contributed by atoms with Crippen molar-refractivity contribution in [1.82, 2.24) is 10.3 Å². The topological polar surface area (TPSA) is 75.3 Å². The summed E-state index contributed by atoms with van der Waals surface area (Å²) < 4.78 is 4.98. The molecule has 0 atom stereocenters. The maximum Gasteiger partial charge on any atom is 0.319 e. The van der Waals surface area contributed by atoms with Gasteiger partial charge in [-0.05, 0) is 29.8 Å². The van der Waals surface area contributed by atoms with E-state index in [-0.39, 0.29) is 6.03 Å². The van der Waals surface area contributed by atoms with E-state index in [0.717, 1.165) is 17.8 Å². The molecule has 0 bridgehead atoms. The second kappa shape index (κ2) is 8.63. The average Bonchev–Trinajstić information content (AvgIpc) is 2.55. The highest BCUT2D eigenvalue weighted by molar-refractivity contribution is 5.89. The first-order valence-electron chi connectivity index (χ1n) is 7.04. The monoisotopic (exact) mass is 300 g/mol. The average molecular weight is 300 g/mol. The number of nitrogens with zero attached hydrogens (tertiary/aromatic N) is 1. The normalized spacial score (nSPS) is 10.0. The SMILES string of the molecule is COCCNc1ccc(CNC(=O)Nc2ccncc2)cc1. The standard InChI is InChI=1S/C16H20N4O2/c1-22-11-10-18-14-4-2-13(3-5-14)12-19-16(21)20-15-6-8-17-9-7-15/h2-9,18H,10-12H2,1H3,(H2,17,19,20,21). The number of methoxy groups -OCH3 is 1. The number of ether oxygens (including phenoxy) is 1. The van der Waals surface area contributed by atoms with Crippen molar-refractivity contribution < 1.29 is 9.53 Å². The van der Waals surface area contributed by atoms with E-state index in [0.29, 0.717) is 18.8 Å². The summed E-state index contributed by atoms with van der Waals surface area (Å²) in [5.74, 6) is 0. The Hall–Kier alpha value is -2.60. The Bertz CT molecular complexity index is 572. The van der Waals surface area contributed by atoms with Crippen molar-refractivity contribution in [3.8, 4) is 0 Å². The minimum atomic E-state index is -0.242. The van der Waals surface area contributed by atoms with E-state index in [1.165, 1.54) is 0 Å². The molecule has 1 heterocycles. The first-order chi connectivity index (χ1) is 10.8. The molecular weight excluding hydrogens is 280 g/mol. The lowest BCUT2D eigenvalue weighted by molar-refractivity contribution is 0.211. The van der Waals surface area contributed by atoms with E-state index >= 15 is 0 Å². The van der Waals surface area contributed by atoms with Crippen LogP contribution < -0.4 is 16.0 Å². The third-order valence-electron chi connectivity index (χ3n) is 2.98. The van der Waals surface area contributed by atoms with Crippen LogP contribution in [0.1, 0.15) is 5.56 Å². The van der Waals surface area contributed by atoms with Crippen molar-refractivity contribution >= 4 is 17.4 Å². The zero-order valence-corrected chi connectivity index (χ0v) is 12.5. The fourth-order valence-corrected chi connectivity index (χ4v) is 1.83. The minimum Gasteiger partial charge on any atom is -0.383 e. The maximum atomic E-state index is 11.8. The highest BCUT2D eigenvalue weighted by Gasteiger charge is 2.01. The second-order valence-electron chi connectivity index (χ2n) is 4.66. The number of nitrogens with one attached hydrogen (secondary N) is 3. The van der Waals surface area contributed by atoms with Crippen molar-refractivity contribution in [2.45, 2.75) is 6.54 Å². The van der Waals surface area contributed by atoms with Crippen LogP contribution in [-0.2, 0) is 11.3 Å². The van der Waals surface area contributed by atoms with Crippen molar-refractivity contribution in [3.05, 3.63) is 54.4 Å². The summed E-state index contributed by atoms with van der Waals surface area (Å²) in [6.45, 7) is 1.90. The number of hydrogen-bond acceptors (Lipinski definition) is 4. The lowest BCUT2D eigenvalue weighted by Gasteiger charge is -2.09. The van der Waals surface area contributed by atoms with Gasteiger partial charge in [0.1, 0.15) is 0 Å². The zero-order valence-electron chi connectivity index (χ0n) is 12.5. The van der Waals surface area contributed by atoms with Crippen molar-refractivity contribution in [1.29, 1.82) is 0 Å². The fourth-order valence-electron chi connectivity index (χ4n) is 1.83. The van der Waals surface area contributed by atoms with E-state index in [4.69, 9.17) is 4.74 Å². The summed E-state index contributed by atoms with van der Waals surface area (Å²) in [7, 11) is 1.67. The number of urea groups is 1. The summed E-state index contributed by atoms with van der Waals surface area (Å²) in [5.41, 5.74) is 2.77. The molecule has 0 saturated carbocycles. The number of pyridine rings is 1. The van der Waals surface area contributed by atoms with Gasteiger partial charge in [-0.1, -0.05) is 12.1 Å². The van der Waals surface area contributed by atoms with Gasteiger partial charge in [0.2, 0.25) is 0 Å². The van der Waals surface area contributed by atoms with E-state index in [2.05, 4.69) is 20.9 Å². The predicted molar refractivity (Wildman–Crippen MR) is 86.9 cm³/mol. The summed E-state index contributed by atoms with van der Waals surface area (Å²) in [4.78, 5) is 15.7. The molecule has 0 aliphatic rings. The molecule has 1 aromatic heterocycles. The highest BCUT2D eigenvalue weighted by atomic mass is 16.5. The Morgan fingerprint density at radius 3 is 2.50 bits per heavy atom. The Kier molecular flexibility index (Phi) is 6.19. The predicted octanol–water partition coefficient (Wildman–Crippen LogP) is 2.46. The number of benzene rings is 1. The molecule has 0 fully saturated rings. The molecule has 0 spiro atoms. The number of amides is 2. The van der Waals surface area contributed by atoms with Gasteiger partial charge in [-0.15, -0.1) is 0 Å². The molecule has 0 saturated heterocycles. The minimum absolute atomic E-state index is 0.242. The molecule has 6 nitrogen and oxygen atoms in total. The molecular formula is C16H20N4O2. The van der Waals surface area contributed by atoms with Gasteiger partial charge in [-0.2, -0.15) is 0 Å². The van der Waals surface area contributed by atoms with Crippen molar-refractivity contribution in [2.75, 3.05) is 30.9 Å². The van der Waals surface area contributed by atoms with Gasteiger partial charge >= 0.3 is 6.03 Å².